The molecular formula is C25H23F2N3O2S. The van der Waals surface area contributed by atoms with Gasteiger partial charge in [-0.05, 0) is 48.0 Å². The Kier molecular flexibility index (Phi) is 7.14. The quantitative estimate of drug-likeness (QED) is 0.303. The van der Waals surface area contributed by atoms with E-state index in [1.165, 1.54) is 30.0 Å². The van der Waals surface area contributed by atoms with Gasteiger partial charge in [-0.15, -0.1) is 0 Å². The Morgan fingerprint density at radius 1 is 0.939 bits per heavy atom. The van der Waals surface area contributed by atoms with Gasteiger partial charge in [-0.2, -0.15) is 0 Å². The number of aromatic nitrogens is 2. The average Bonchev–Trinajstić information content (AvgIpc) is 3.25. The molecule has 170 valence electrons. The van der Waals surface area contributed by atoms with Gasteiger partial charge < -0.3 is 14.8 Å². The summed E-state index contributed by atoms with van der Waals surface area (Å²) in [5, 5.41) is 4.05. The summed E-state index contributed by atoms with van der Waals surface area (Å²) in [7, 11) is 3.18. The second-order valence-corrected chi connectivity index (χ2v) is 8.09. The van der Waals surface area contributed by atoms with Crippen molar-refractivity contribution in [2.45, 2.75) is 17.5 Å². The zero-order valence-corrected chi connectivity index (χ0v) is 19.0. The molecular weight excluding hydrogens is 444 g/mol. The summed E-state index contributed by atoms with van der Waals surface area (Å²) in [4.78, 5) is 4.56. The summed E-state index contributed by atoms with van der Waals surface area (Å²) < 4.78 is 40.2. The van der Waals surface area contributed by atoms with Crippen LogP contribution >= 0.6 is 11.8 Å². The molecule has 0 spiro atoms. The predicted octanol–water partition coefficient (Wildman–Crippen LogP) is 6.07. The number of methoxy groups -OCH3 is 2. The number of imidazole rings is 1. The van der Waals surface area contributed by atoms with Gasteiger partial charge in [0, 0.05) is 23.2 Å². The first-order chi connectivity index (χ1) is 16.1. The number of nitrogens with zero attached hydrogens (tertiary/aromatic N) is 2. The molecule has 0 unspecified atom stereocenters. The number of nitrogens with one attached hydrogen (secondary N) is 1. The van der Waals surface area contributed by atoms with Gasteiger partial charge in [0.05, 0.1) is 32.7 Å². The van der Waals surface area contributed by atoms with Gasteiger partial charge in [0.1, 0.15) is 11.6 Å². The Hall–Kier alpha value is -3.52. The van der Waals surface area contributed by atoms with Crippen LogP contribution in [0.5, 0.6) is 11.5 Å². The van der Waals surface area contributed by atoms with E-state index in [1.54, 1.807) is 44.7 Å². The van der Waals surface area contributed by atoms with Crippen LogP contribution in [0.15, 0.2) is 78.1 Å². The van der Waals surface area contributed by atoms with E-state index in [1.807, 2.05) is 28.8 Å². The molecule has 33 heavy (non-hydrogen) atoms. The van der Waals surface area contributed by atoms with Gasteiger partial charge in [0.2, 0.25) is 0 Å². The number of rotatable bonds is 9. The normalized spacial score (nSPS) is 10.8. The molecule has 0 saturated heterocycles. The topological polar surface area (TPSA) is 48.3 Å². The van der Waals surface area contributed by atoms with Crippen molar-refractivity contribution in [3.8, 4) is 17.2 Å². The zero-order chi connectivity index (χ0) is 23.2. The number of hydrogen-bond donors (Lipinski definition) is 1. The van der Waals surface area contributed by atoms with Crippen molar-refractivity contribution in [2.24, 2.45) is 0 Å². The molecule has 3 aromatic carbocycles. The first kappa shape index (κ1) is 22.7. The Labute approximate surface area is 195 Å². The van der Waals surface area contributed by atoms with E-state index in [2.05, 4.69) is 10.3 Å². The van der Waals surface area contributed by atoms with E-state index < -0.39 is 0 Å². The lowest BCUT2D eigenvalue weighted by Gasteiger charge is -2.14. The van der Waals surface area contributed by atoms with Gasteiger partial charge in [0.25, 0.3) is 0 Å². The van der Waals surface area contributed by atoms with Crippen LogP contribution in [-0.4, -0.2) is 23.8 Å². The van der Waals surface area contributed by atoms with E-state index in [0.29, 0.717) is 34.5 Å². The molecule has 0 fully saturated rings. The third kappa shape index (κ3) is 5.28. The minimum Gasteiger partial charge on any atom is -0.493 e. The Morgan fingerprint density at radius 3 is 2.42 bits per heavy atom. The van der Waals surface area contributed by atoms with E-state index in [4.69, 9.17) is 9.47 Å². The number of ether oxygens (including phenoxy) is 2. The van der Waals surface area contributed by atoms with Crippen molar-refractivity contribution in [2.75, 3.05) is 19.5 Å². The Bertz CT molecular complexity index is 1230. The van der Waals surface area contributed by atoms with Gasteiger partial charge >= 0.3 is 0 Å². The lowest BCUT2D eigenvalue weighted by molar-refractivity contribution is 0.355. The third-order valence-corrected chi connectivity index (χ3v) is 6.06. The highest BCUT2D eigenvalue weighted by molar-refractivity contribution is 7.98. The molecule has 4 aromatic rings. The first-order valence-corrected chi connectivity index (χ1v) is 11.2. The number of benzene rings is 3. The number of thioether (sulfide) groups is 1. The molecule has 1 aromatic heterocycles. The van der Waals surface area contributed by atoms with Crippen LogP contribution in [0.3, 0.4) is 0 Å². The molecule has 0 amide bonds. The maximum Gasteiger partial charge on any atom is 0.173 e. The summed E-state index contributed by atoms with van der Waals surface area (Å²) in [5.74, 6) is 1.12. The number of anilines is 1. The lowest BCUT2D eigenvalue weighted by Crippen LogP contribution is -2.07. The highest BCUT2D eigenvalue weighted by Crippen LogP contribution is 2.31. The second kappa shape index (κ2) is 10.4. The smallest absolute Gasteiger partial charge is 0.173 e. The summed E-state index contributed by atoms with van der Waals surface area (Å²) in [6, 6.07) is 18.5. The number of hydrogen-bond acceptors (Lipinski definition) is 5. The second-order valence-electron chi connectivity index (χ2n) is 7.15. The summed E-state index contributed by atoms with van der Waals surface area (Å²) >= 11 is 1.42. The fourth-order valence-corrected chi connectivity index (χ4v) is 4.36. The third-order valence-electron chi connectivity index (χ3n) is 5.06. The minimum atomic E-state index is -0.315. The van der Waals surface area contributed by atoms with Crippen molar-refractivity contribution in [1.82, 2.24) is 9.55 Å². The molecule has 1 N–H and O–H groups in total. The molecule has 1 heterocycles. The van der Waals surface area contributed by atoms with Crippen LogP contribution in [0.25, 0.3) is 5.69 Å². The average molecular weight is 468 g/mol. The molecule has 0 bridgehead atoms. The van der Waals surface area contributed by atoms with E-state index in [-0.39, 0.29) is 11.6 Å². The van der Waals surface area contributed by atoms with Crippen LogP contribution in [0.4, 0.5) is 14.5 Å². The molecule has 0 saturated carbocycles. The minimum absolute atomic E-state index is 0.250. The van der Waals surface area contributed by atoms with Crippen molar-refractivity contribution in [3.05, 3.63) is 95.8 Å². The molecule has 0 atom stereocenters. The van der Waals surface area contributed by atoms with Gasteiger partial charge in [-0.3, -0.25) is 4.57 Å². The molecule has 0 radical (unpaired) electrons. The fraction of sp³-hybridized carbons (Fsp3) is 0.160. The molecule has 8 heteroatoms. The van der Waals surface area contributed by atoms with Crippen molar-refractivity contribution in [1.29, 1.82) is 0 Å². The summed E-state index contributed by atoms with van der Waals surface area (Å²) in [5.41, 5.74) is 3.09. The standard InChI is InChI=1S/C25H23F2N3O2S/c1-31-23-12-9-19(13-24(23)32-2)28-14-21-15-29-25(30(21)20-10-7-18(26)8-11-20)33-16-17-5-3-4-6-22(17)27/h3-13,15,28H,14,16H2,1-2H3. The van der Waals surface area contributed by atoms with Crippen molar-refractivity contribution >= 4 is 17.4 Å². The maximum atomic E-state index is 14.1. The van der Waals surface area contributed by atoms with Crippen LogP contribution in [0, 0.1) is 11.6 Å². The summed E-state index contributed by atoms with van der Waals surface area (Å²) in [6.07, 6.45) is 1.76. The van der Waals surface area contributed by atoms with Gasteiger partial charge in [-0.1, -0.05) is 30.0 Å². The maximum absolute atomic E-state index is 14.1. The van der Waals surface area contributed by atoms with Crippen LogP contribution in [0.1, 0.15) is 11.3 Å². The van der Waals surface area contributed by atoms with E-state index in [0.717, 1.165) is 17.1 Å². The molecule has 0 aliphatic heterocycles. The molecule has 0 aliphatic rings. The highest BCUT2D eigenvalue weighted by Gasteiger charge is 2.14. The van der Waals surface area contributed by atoms with Gasteiger partial charge in [-0.25, -0.2) is 13.8 Å². The predicted molar refractivity (Wildman–Crippen MR) is 126 cm³/mol. The highest BCUT2D eigenvalue weighted by atomic mass is 32.2. The fourth-order valence-electron chi connectivity index (χ4n) is 3.36. The Balaban J connectivity index is 1.59. The van der Waals surface area contributed by atoms with Crippen LogP contribution in [0.2, 0.25) is 0 Å². The SMILES string of the molecule is COc1ccc(NCc2cnc(SCc3ccccc3F)n2-c2ccc(F)cc2)cc1OC. The molecule has 5 nitrogen and oxygen atoms in total. The summed E-state index contributed by atoms with van der Waals surface area (Å²) in [6.45, 7) is 0.458. The lowest BCUT2D eigenvalue weighted by atomic mass is 10.2. The zero-order valence-electron chi connectivity index (χ0n) is 18.2. The van der Waals surface area contributed by atoms with Gasteiger partial charge in [0.15, 0.2) is 16.7 Å². The van der Waals surface area contributed by atoms with E-state index in [9.17, 15) is 8.78 Å². The van der Waals surface area contributed by atoms with Crippen molar-refractivity contribution < 1.29 is 18.3 Å². The van der Waals surface area contributed by atoms with Crippen molar-refractivity contribution in [3.63, 3.8) is 0 Å². The number of halogens is 2. The first-order valence-electron chi connectivity index (χ1n) is 10.2. The Morgan fingerprint density at radius 2 is 1.70 bits per heavy atom. The van der Waals surface area contributed by atoms with Crippen LogP contribution in [-0.2, 0) is 12.3 Å². The largest absolute Gasteiger partial charge is 0.493 e. The monoisotopic (exact) mass is 467 g/mol. The van der Waals surface area contributed by atoms with E-state index >= 15 is 0 Å². The van der Waals surface area contributed by atoms with Crippen LogP contribution < -0.4 is 14.8 Å². The molecule has 0 aliphatic carbocycles. The molecule has 4 rings (SSSR count).